The summed E-state index contributed by atoms with van der Waals surface area (Å²) in [5.74, 6) is -1.04. The molecule has 1 unspecified atom stereocenters. The zero-order valence-electron chi connectivity index (χ0n) is 9.49. The van der Waals surface area contributed by atoms with Crippen molar-refractivity contribution in [1.82, 2.24) is 0 Å². The van der Waals surface area contributed by atoms with Gasteiger partial charge in [-0.2, -0.15) is 0 Å². The molecule has 0 heterocycles. The summed E-state index contributed by atoms with van der Waals surface area (Å²) in [6.07, 6.45) is 6.80. The summed E-state index contributed by atoms with van der Waals surface area (Å²) in [6.45, 7) is 1.97. The summed E-state index contributed by atoms with van der Waals surface area (Å²) < 4.78 is 3.61. The Morgan fingerprint density at radius 3 is 2.65 bits per heavy atom. The number of rotatable bonds is 5. The highest BCUT2D eigenvalue weighted by atomic mass is 35.5. The maximum absolute atomic E-state index is 11.6. The van der Waals surface area contributed by atoms with Crippen LogP contribution in [0.3, 0.4) is 0 Å². The molecular formula is C12H14Cl2O3. The summed E-state index contributed by atoms with van der Waals surface area (Å²) in [7, 11) is 0. The fourth-order valence-electron chi connectivity index (χ4n) is 1.53. The van der Waals surface area contributed by atoms with Crippen molar-refractivity contribution in [3.63, 3.8) is 0 Å². The molecule has 3 nitrogen and oxygen atoms in total. The van der Waals surface area contributed by atoms with Crippen LogP contribution in [0.1, 0.15) is 19.8 Å². The molecule has 1 rings (SSSR count). The van der Waals surface area contributed by atoms with Gasteiger partial charge in [-0.15, -0.1) is 0 Å². The minimum Gasteiger partial charge on any atom is -0.466 e. The Balaban J connectivity index is 2.49. The molecule has 0 aliphatic heterocycles. The number of ether oxygens (including phenoxy) is 1. The monoisotopic (exact) mass is 276 g/mol. The highest BCUT2D eigenvalue weighted by Gasteiger charge is 2.33. The molecule has 0 spiro atoms. The van der Waals surface area contributed by atoms with Gasteiger partial charge in [0.25, 0.3) is 0 Å². The van der Waals surface area contributed by atoms with Gasteiger partial charge in [0.2, 0.25) is 0 Å². The summed E-state index contributed by atoms with van der Waals surface area (Å²) in [5, 5.41) is 0. The molecule has 94 valence electrons. The number of halogens is 2. The number of carbonyl (C=O) groups excluding carboxylic acids is 2. The number of esters is 1. The average molecular weight is 277 g/mol. The summed E-state index contributed by atoms with van der Waals surface area (Å²) in [6, 6.07) is 0. The normalized spacial score (nSPS) is 21.2. The fourth-order valence-corrected chi connectivity index (χ4v) is 1.97. The van der Waals surface area contributed by atoms with Gasteiger partial charge < -0.3 is 4.74 Å². The third kappa shape index (κ3) is 4.52. The van der Waals surface area contributed by atoms with Gasteiger partial charge in [-0.3, -0.25) is 9.59 Å². The van der Waals surface area contributed by atoms with Gasteiger partial charge in [0.15, 0.2) is 0 Å². The Labute approximate surface area is 110 Å². The number of allylic oxidation sites excluding steroid dienone is 4. The molecule has 0 aromatic heterocycles. The van der Waals surface area contributed by atoms with E-state index >= 15 is 0 Å². The Hall–Kier alpha value is -0.800. The number of hydrogen-bond donors (Lipinski definition) is 0. The number of hydrogen-bond acceptors (Lipinski definition) is 3. The molecule has 0 N–H and O–H groups in total. The van der Waals surface area contributed by atoms with Gasteiger partial charge in [-0.25, -0.2) is 0 Å². The molecule has 0 bridgehead atoms. The lowest BCUT2D eigenvalue weighted by molar-refractivity contribution is -0.145. The van der Waals surface area contributed by atoms with E-state index in [-0.39, 0.29) is 31.1 Å². The molecular weight excluding hydrogens is 263 g/mol. The molecule has 0 saturated heterocycles. The first-order valence-electron chi connectivity index (χ1n) is 5.37. The van der Waals surface area contributed by atoms with Crippen LogP contribution < -0.4 is 0 Å². The van der Waals surface area contributed by atoms with Gasteiger partial charge in [-0.1, -0.05) is 41.4 Å². The minimum absolute atomic E-state index is 0.132. The van der Waals surface area contributed by atoms with Crippen molar-refractivity contribution in [3.05, 3.63) is 24.3 Å². The SMILES string of the molecule is CCOC(=O)CC(=O)CC1C=CC=CC1(Cl)Cl. The van der Waals surface area contributed by atoms with Gasteiger partial charge in [0, 0.05) is 12.3 Å². The second-order valence-electron chi connectivity index (χ2n) is 3.75. The first-order chi connectivity index (χ1) is 7.95. The molecule has 0 aromatic rings. The molecule has 17 heavy (non-hydrogen) atoms. The lowest BCUT2D eigenvalue weighted by atomic mass is 9.93. The largest absolute Gasteiger partial charge is 0.466 e. The molecule has 0 amide bonds. The van der Waals surface area contributed by atoms with Crippen molar-refractivity contribution in [3.8, 4) is 0 Å². The molecule has 1 aliphatic rings. The van der Waals surface area contributed by atoms with E-state index in [9.17, 15) is 9.59 Å². The molecule has 1 aliphatic carbocycles. The van der Waals surface area contributed by atoms with Crippen LogP contribution in [0.4, 0.5) is 0 Å². The maximum atomic E-state index is 11.6. The van der Waals surface area contributed by atoms with Crippen LogP contribution in [-0.4, -0.2) is 22.7 Å². The molecule has 0 saturated carbocycles. The summed E-state index contributed by atoms with van der Waals surface area (Å²) >= 11 is 12.1. The third-order valence-corrected chi connectivity index (χ3v) is 3.17. The predicted molar refractivity (Wildman–Crippen MR) is 67.1 cm³/mol. The first-order valence-corrected chi connectivity index (χ1v) is 6.12. The van der Waals surface area contributed by atoms with Crippen molar-refractivity contribution in [2.75, 3.05) is 6.61 Å². The zero-order chi connectivity index (χ0) is 12.9. The summed E-state index contributed by atoms with van der Waals surface area (Å²) in [5.41, 5.74) is 0. The van der Waals surface area contributed by atoms with E-state index in [2.05, 4.69) is 0 Å². The van der Waals surface area contributed by atoms with E-state index < -0.39 is 10.3 Å². The van der Waals surface area contributed by atoms with Crippen molar-refractivity contribution in [2.45, 2.75) is 24.1 Å². The van der Waals surface area contributed by atoms with Gasteiger partial charge >= 0.3 is 5.97 Å². The topological polar surface area (TPSA) is 43.4 Å². The van der Waals surface area contributed by atoms with Crippen LogP contribution in [0.25, 0.3) is 0 Å². The Morgan fingerprint density at radius 1 is 1.35 bits per heavy atom. The van der Waals surface area contributed by atoms with E-state index in [0.717, 1.165) is 0 Å². The molecule has 0 aromatic carbocycles. The quantitative estimate of drug-likeness (QED) is 0.441. The van der Waals surface area contributed by atoms with Crippen LogP contribution >= 0.6 is 23.2 Å². The lowest BCUT2D eigenvalue weighted by Crippen LogP contribution is -2.26. The first kappa shape index (κ1) is 14.3. The van der Waals surface area contributed by atoms with Crippen molar-refractivity contribution < 1.29 is 14.3 Å². The van der Waals surface area contributed by atoms with Crippen molar-refractivity contribution >= 4 is 35.0 Å². The second kappa shape index (κ2) is 6.22. The standard InChI is InChI=1S/C12H14Cl2O3/c1-2-17-11(16)8-10(15)7-9-5-3-4-6-12(9,13)14/h3-6,9H,2,7-8H2,1H3. The van der Waals surface area contributed by atoms with E-state index in [1.54, 1.807) is 31.2 Å². The predicted octanol–water partition coefficient (Wildman–Crippen LogP) is 2.81. The molecule has 1 atom stereocenters. The highest BCUT2D eigenvalue weighted by Crippen LogP contribution is 2.37. The number of alkyl halides is 2. The van der Waals surface area contributed by atoms with Crippen molar-refractivity contribution in [1.29, 1.82) is 0 Å². The lowest BCUT2D eigenvalue weighted by Gasteiger charge is -2.25. The smallest absolute Gasteiger partial charge is 0.313 e. The van der Waals surface area contributed by atoms with Crippen LogP contribution in [0.15, 0.2) is 24.3 Å². The van der Waals surface area contributed by atoms with Crippen LogP contribution in [0.5, 0.6) is 0 Å². The third-order valence-electron chi connectivity index (χ3n) is 2.36. The van der Waals surface area contributed by atoms with E-state index in [1.165, 1.54) is 0 Å². The molecule has 0 fully saturated rings. The van der Waals surface area contributed by atoms with E-state index in [0.29, 0.717) is 0 Å². The van der Waals surface area contributed by atoms with Crippen molar-refractivity contribution in [2.24, 2.45) is 5.92 Å². The molecule has 5 heteroatoms. The summed E-state index contributed by atoms with van der Waals surface area (Å²) in [4.78, 5) is 22.7. The van der Waals surface area contributed by atoms with E-state index in [4.69, 9.17) is 27.9 Å². The van der Waals surface area contributed by atoms with Crippen LogP contribution in [0, 0.1) is 5.92 Å². The molecule has 0 radical (unpaired) electrons. The van der Waals surface area contributed by atoms with E-state index in [1.807, 2.05) is 0 Å². The Bertz CT molecular complexity index is 359. The Morgan fingerprint density at radius 2 is 2.06 bits per heavy atom. The maximum Gasteiger partial charge on any atom is 0.313 e. The van der Waals surface area contributed by atoms with Gasteiger partial charge in [0.05, 0.1) is 6.61 Å². The average Bonchev–Trinajstić information content (AvgIpc) is 2.21. The Kier molecular flexibility index (Phi) is 5.22. The fraction of sp³-hybridized carbons (Fsp3) is 0.500. The highest BCUT2D eigenvalue weighted by molar-refractivity contribution is 6.50. The van der Waals surface area contributed by atoms with Gasteiger partial charge in [0.1, 0.15) is 16.5 Å². The van der Waals surface area contributed by atoms with Gasteiger partial charge in [-0.05, 0) is 13.0 Å². The number of carbonyl (C=O) groups is 2. The number of Topliss-reactive ketones (excluding diaryl/α,β-unsaturated/α-hetero) is 1. The van der Waals surface area contributed by atoms with Crippen LogP contribution in [0.2, 0.25) is 0 Å². The second-order valence-corrected chi connectivity index (χ2v) is 5.19. The minimum atomic E-state index is -1.08. The zero-order valence-corrected chi connectivity index (χ0v) is 11.0. The van der Waals surface area contributed by atoms with Crippen LogP contribution in [-0.2, 0) is 14.3 Å². The number of ketones is 1.